The number of aryl methyl sites for hydroxylation is 1. The molecule has 1 aliphatic rings. The molecule has 0 amide bonds. The summed E-state index contributed by atoms with van der Waals surface area (Å²) in [5.41, 5.74) is 3.45. The summed E-state index contributed by atoms with van der Waals surface area (Å²) in [5, 5.41) is 8.37. The average molecular weight is 401 g/mol. The molecule has 0 radical (unpaired) electrons. The maximum atomic E-state index is 13.1. The first-order valence-corrected chi connectivity index (χ1v) is 10.9. The molecule has 28 heavy (non-hydrogen) atoms. The van der Waals surface area contributed by atoms with Crippen LogP contribution in [0.3, 0.4) is 0 Å². The van der Waals surface area contributed by atoms with Crippen molar-refractivity contribution in [3.63, 3.8) is 0 Å². The molecule has 1 saturated carbocycles. The highest BCUT2D eigenvalue weighted by Gasteiger charge is 2.31. The van der Waals surface area contributed by atoms with Gasteiger partial charge in [0.25, 0.3) is 15.9 Å². The van der Waals surface area contributed by atoms with Gasteiger partial charge >= 0.3 is 0 Å². The van der Waals surface area contributed by atoms with Gasteiger partial charge in [0.15, 0.2) is 0 Å². The fraction of sp³-hybridized carbons (Fsp3) is 0.400. The smallest absolute Gasteiger partial charge is 0.264 e. The van der Waals surface area contributed by atoms with Crippen molar-refractivity contribution in [1.29, 1.82) is 0 Å². The number of anilines is 1. The number of nitrogens with one attached hydrogen (secondary N) is 1. The predicted molar refractivity (Wildman–Crippen MR) is 107 cm³/mol. The number of hydrogen-bond acceptors (Lipinski definition) is 5. The molecule has 0 saturated heterocycles. The third-order valence-electron chi connectivity index (χ3n) is 5.53. The van der Waals surface area contributed by atoms with Gasteiger partial charge in [0.1, 0.15) is 10.6 Å². The lowest BCUT2D eigenvalue weighted by Gasteiger charge is -2.20. The Morgan fingerprint density at radius 2 is 1.79 bits per heavy atom. The lowest BCUT2D eigenvalue weighted by atomic mass is 9.85. The normalized spacial score (nSPS) is 14.9. The van der Waals surface area contributed by atoms with E-state index in [-0.39, 0.29) is 4.90 Å². The van der Waals surface area contributed by atoms with Crippen LogP contribution in [0.4, 0.5) is 5.69 Å². The number of nitrogens with zero attached hydrogens (tertiary/aromatic N) is 3. The molecule has 0 bridgehead atoms. The van der Waals surface area contributed by atoms with Crippen LogP contribution in [0.2, 0.25) is 0 Å². The third-order valence-corrected chi connectivity index (χ3v) is 7.18. The maximum absolute atomic E-state index is 13.1. The summed E-state index contributed by atoms with van der Waals surface area (Å²) in [6, 6.07) is 7.25. The van der Waals surface area contributed by atoms with E-state index < -0.39 is 10.0 Å². The van der Waals surface area contributed by atoms with E-state index in [9.17, 15) is 8.42 Å². The Balaban J connectivity index is 1.73. The Kier molecular flexibility index (Phi) is 4.53. The Hall–Kier alpha value is -2.61. The Morgan fingerprint density at radius 3 is 2.39 bits per heavy atom. The predicted octanol–water partition coefficient (Wildman–Crippen LogP) is 4.07. The van der Waals surface area contributed by atoms with Gasteiger partial charge in [-0.05, 0) is 45.7 Å². The van der Waals surface area contributed by atoms with Crippen LogP contribution < -0.4 is 4.72 Å². The molecule has 0 spiro atoms. The molecule has 1 aromatic carbocycles. The number of sulfonamides is 1. The van der Waals surface area contributed by atoms with Gasteiger partial charge < -0.3 is 8.98 Å². The van der Waals surface area contributed by atoms with Crippen molar-refractivity contribution >= 4 is 15.7 Å². The van der Waals surface area contributed by atoms with Gasteiger partial charge in [0.05, 0.1) is 0 Å². The van der Waals surface area contributed by atoms with Gasteiger partial charge in [-0.2, -0.15) is 0 Å². The van der Waals surface area contributed by atoms with E-state index in [0.717, 1.165) is 18.4 Å². The standard InChI is InChI=1S/C20H24N4O3S/c1-12-8-10-16(11-9-12)23-28(25,26)18-13(2)17(24(4)14(18)3)20-22-21-19(27-20)15-6-5-7-15/h8-11,15,23H,5-7H2,1-4H3. The quantitative estimate of drug-likeness (QED) is 0.697. The second kappa shape index (κ2) is 6.77. The third kappa shape index (κ3) is 3.11. The minimum absolute atomic E-state index is 0.244. The van der Waals surface area contributed by atoms with Crippen molar-refractivity contribution in [2.45, 2.75) is 50.8 Å². The van der Waals surface area contributed by atoms with E-state index in [2.05, 4.69) is 14.9 Å². The van der Waals surface area contributed by atoms with Crippen LogP contribution in [-0.2, 0) is 17.1 Å². The number of aromatic nitrogens is 3. The first-order valence-electron chi connectivity index (χ1n) is 9.37. The van der Waals surface area contributed by atoms with Crippen molar-refractivity contribution in [2.75, 3.05) is 4.72 Å². The minimum atomic E-state index is -3.76. The zero-order chi connectivity index (χ0) is 20.1. The molecule has 0 aliphatic heterocycles. The second-order valence-corrected chi connectivity index (χ2v) is 9.11. The van der Waals surface area contributed by atoms with Gasteiger partial charge in [-0.3, -0.25) is 4.72 Å². The molecule has 3 aromatic rings. The topological polar surface area (TPSA) is 90.0 Å². The Morgan fingerprint density at radius 1 is 1.11 bits per heavy atom. The summed E-state index contributed by atoms with van der Waals surface area (Å²) >= 11 is 0. The summed E-state index contributed by atoms with van der Waals surface area (Å²) < 4.78 is 36.6. The monoisotopic (exact) mass is 400 g/mol. The molecule has 1 aliphatic carbocycles. The van der Waals surface area contributed by atoms with Crippen LogP contribution in [0.15, 0.2) is 33.6 Å². The van der Waals surface area contributed by atoms with Crippen molar-refractivity contribution in [3.05, 3.63) is 47.0 Å². The fourth-order valence-electron chi connectivity index (χ4n) is 3.63. The molecule has 148 valence electrons. The summed E-state index contributed by atoms with van der Waals surface area (Å²) in [7, 11) is -1.95. The van der Waals surface area contributed by atoms with Crippen LogP contribution in [0.5, 0.6) is 0 Å². The number of rotatable bonds is 5. The van der Waals surface area contributed by atoms with Gasteiger partial charge in [-0.25, -0.2) is 8.42 Å². The highest BCUT2D eigenvalue weighted by Crippen LogP contribution is 2.38. The van der Waals surface area contributed by atoms with E-state index in [1.54, 1.807) is 30.5 Å². The summed E-state index contributed by atoms with van der Waals surface area (Å²) in [6.45, 7) is 5.51. The van der Waals surface area contributed by atoms with Gasteiger partial charge in [-0.15, -0.1) is 10.2 Å². The molecule has 2 heterocycles. The van der Waals surface area contributed by atoms with Crippen molar-refractivity contribution in [3.8, 4) is 11.6 Å². The first-order chi connectivity index (χ1) is 13.3. The van der Waals surface area contributed by atoms with Crippen LogP contribution in [0, 0.1) is 20.8 Å². The summed E-state index contributed by atoms with van der Waals surface area (Å²) in [6.07, 6.45) is 3.30. The summed E-state index contributed by atoms with van der Waals surface area (Å²) in [4.78, 5) is 0.244. The van der Waals surface area contributed by atoms with Crippen molar-refractivity contribution in [1.82, 2.24) is 14.8 Å². The van der Waals surface area contributed by atoms with E-state index in [4.69, 9.17) is 4.42 Å². The second-order valence-electron chi connectivity index (χ2n) is 7.49. The SMILES string of the molecule is Cc1ccc(NS(=O)(=O)c2c(C)c(-c3nnc(C4CCC4)o3)n(C)c2C)cc1. The fourth-order valence-corrected chi connectivity index (χ4v) is 5.20. The molecule has 4 rings (SSSR count). The van der Waals surface area contributed by atoms with Gasteiger partial charge in [0.2, 0.25) is 5.89 Å². The van der Waals surface area contributed by atoms with Gasteiger partial charge in [-0.1, -0.05) is 24.1 Å². The zero-order valence-electron chi connectivity index (χ0n) is 16.5. The molecule has 2 aromatic heterocycles. The summed E-state index contributed by atoms with van der Waals surface area (Å²) in [5.74, 6) is 1.33. The molecule has 0 unspecified atom stereocenters. The van der Waals surface area contributed by atoms with E-state index >= 15 is 0 Å². The molecule has 0 atom stereocenters. The van der Waals surface area contributed by atoms with Crippen molar-refractivity contribution < 1.29 is 12.8 Å². The lowest BCUT2D eigenvalue weighted by molar-refractivity contribution is 0.337. The Labute approximate surface area is 164 Å². The van der Waals surface area contributed by atoms with Crippen LogP contribution in [0.1, 0.15) is 47.9 Å². The maximum Gasteiger partial charge on any atom is 0.264 e. The molecule has 1 fully saturated rings. The van der Waals surface area contributed by atoms with Crippen LogP contribution in [-0.4, -0.2) is 23.2 Å². The highest BCUT2D eigenvalue weighted by molar-refractivity contribution is 7.92. The zero-order valence-corrected chi connectivity index (χ0v) is 17.3. The minimum Gasteiger partial charge on any atom is -0.419 e. The molecule has 7 nitrogen and oxygen atoms in total. The molecule has 1 N–H and O–H groups in total. The van der Waals surface area contributed by atoms with Crippen LogP contribution in [0.25, 0.3) is 11.6 Å². The molecular weight excluding hydrogens is 376 g/mol. The largest absolute Gasteiger partial charge is 0.419 e. The first kappa shape index (κ1) is 18.7. The van der Waals surface area contributed by atoms with E-state index in [0.29, 0.717) is 40.3 Å². The Bertz CT molecular complexity index is 1120. The van der Waals surface area contributed by atoms with Crippen LogP contribution >= 0.6 is 0 Å². The van der Waals surface area contributed by atoms with Gasteiger partial charge in [0, 0.05) is 29.9 Å². The van der Waals surface area contributed by atoms with E-state index in [1.807, 2.05) is 26.1 Å². The average Bonchev–Trinajstić information content (AvgIpc) is 3.12. The highest BCUT2D eigenvalue weighted by atomic mass is 32.2. The number of benzene rings is 1. The molecule has 8 heteroatoms. The number of hydrogen-bond donors (Lipinski definition) is 1. The van der Waals surface area contributed by atoms with Crippen molar-refractivity contribution in [2.24, 2.45) is 7.05 Å². The molecular formula is C20H24N4O3S. The lowest BCUT2D eigenvalue weighted by Crippen LogP contribution is -2.14. The van der Waals surface area contributed by atoms with E-state index in [1.165, 1.54) is 6.42 Å².